The fourth-order valence-corrected chi connectivity index (χ4v) is 6.27. The largest absolute Gasteiger partial charge is 0.486 e. The number of ether oxygens (including phenoxy) is 3. The Hall–Kier alpha value is -3.04. The second-order valence-electron chi connectivity index (χ2n) is 10.5. The molecule has 0 radical (unpaired) electrons. The van der Waals surface area contributed by atoms with Crippen LogP contribution in [0.1, 0.15) is 49.8 Å². The van der Waals surface area contributed by atoms with Gasteiger partial charge >= 0.3 is 0 Å². The van der Waals surface area contributed by atoms with Gasteiger partial charge in [-0.05, 0) is 30.7 Å². The number of fused-ring (bicyclic) bond motifs is 5. The summed E-state index contributed by atoms with van der Waals surface area (Å²) in [5.74, 6) is 1.46. The summed E-state index contributed by atoms with van der Waals surface area (Å²) < 4.78 is 31.4. The van der Waals surface area contributed by atoms with Crippen LogP contribution >= 0.6 is 0 Å². The topological polar surface area (TPSA) is 103 Å². The molecule has 1 aliphatic heterocycles. The maximum Gasteiger partial charge on any atom is 0.213 e. The Morgan fingerprint density at radius 1 is 1.06 bits per heavy atom. The van der Waals surface area contributed by atoms with Crippen molar-refractivity contribution in [1.82, 2.24) is 15.0 Å². The van der Waals surface area contributed by atoms with Crippen molar-refractivity contribution in [1.29, 1.82) is 0 Å². The van der Waals surface area contributed by atoms with Crippen LogP contribution in [0.15, 0.2) is 30.6 Å². The van der Waals surface area contributed by atoms with Crippen molar-refractivity contribution in [2.75, 3.05) is 20.3 Å². The van der Waals surface area contributed by atoms with Crippen LogP contribution in [-0.2, 0) is 13.0 Å². The molecule has 3 saturated carbocycles. The molecule has 7 rings (SSSR count). The molecule has 0 spiro atoms. The minimum atomic E-state index is -0.636. The minimum Gasteiger partial charge on any atom is -0.486 e. The van der Waals surface area contributed by atoms with Gasteiger partial charge in [0.25, 0.3) is 0 Å². The zero-order chi connectivity index (χ0) is 24.8. The lowest BCUT2D eigenvalue weighted by Crippen LogP contribution is -2.97. The lowest BCUT2D eigenvalue weighted by atomic mass is 9.54. The van der Waals surface area contributed by atoms with E-state index < -0.39 is 11.9 Å². The standard InChI is InChI=1S/C27H31FN4O4/c1-34-24-3-2-20-25(32-24)18(19(28)15-30-20)13-23(33)26-4-7-27(8-5-26,9-6-26)31-14-17-12-21-22(16-29-17)36-11-10-35-21/h2-3,12,15-16,23,31,33H,4-11,13-14H2,1H3/p+1/t23-,26?,27?/m0/s1. The van der Waals surface area contributed by atoms with E-state index in [-0.39, 0.29) is 17.4 Å². The van der Waals surface area contributed by atoms with Crippen LogP contribution in [0, 0.1) is 11.2 Å². The summed E-state index contributed by atoms with van der Waals surface area (Å²) in [7, 11) is 1.53. The Bertz CT molecular complexity index is 1260. The van der Waals surface area contributed by atoms with Gasteiger partial charge in [-0.1, -0.05) is 0 Å². The molecular weight excluding hydrogens is 463 g/mol. The summed E-state index contributed by atoms with van der Waals surface area (Å²) in [6.45, 7) is 1.91. The SMILES string of the molecule is COc1ccc2ncc(F)c(C[C@H](O)C34CCC([NH2+]Cc5cc6c(cn5)OCCO6)(CC3)CC4)c2n1. The van der Waals surface area contributed by atoms with E-state index in [1.165, 1.54) is 13.3 Å². The second kappa shape index (κ2) is 9.12. The van der Waals surface area contributed by atoms with Gasteiger partial charge in [-0.3, -0.25) is 9.97 Å². The Morgan fingerprint density at radius 3 is 2.56 bits per heavy atom. The molecule has 1 atom stereocenters. The zero-order valence-electron chi connectivity index (χ0n) is 20.5. The van der Waals surface area contributed by atoms with Crippen LogP contribution in [0.25, 0.3) is 11.0 Å². The van der Waals surface area contributed by atoms with E-state index in [2.05, 4.69) is 20.3 Å². The molecule has 9 heteroatoms. The first-order chi connectivity index (χ1) is 17.5. The number of nitrogens with zero attached hydrogens (tertiary/aromatic N) is 3. The number of halogens is 1. The highest BCUT2D eigenvalue weighted by molar-refractivity contribution is 5.78. The number of quaternary nitrogens is 1. The number of methoxy groups -OCH3 is 1. The van der Waals surface area contributed by atoms with Gasteiger partial charge in [-0.15, -0.1) is 0 Å². The second-order valence-corrected chi connectivity index (χ2v) is 10.5. The van der Waals surface area contributed by atoms with Crippen LogP contribution < -0.4 is 19.5 Å². The zero-order valence-corrected chi connectivity index (χ0v) is 20.5. The number of aliphatic hydroxyl groups is 1. The van der Waals surface area contributed by atoms with E-state index in [4.69, 9.17) is 14.2 Å². The summed E-state index contributed by atoms with van der Waals surface area (Å²) in [5, 5.41) is 13.8. The van der Waals surface area contributed by atoms with Crippen LogP contribution in [0.5, 0.6) is 17.4 Å². The number of aliphatic hydroxyl groups excluding tert-OH is 1. The van der Waals surface area contributed by atoms with E-state index in [0.717, 1.165) is 56.5 Å². The fourth-order valence-electron chi connectivity index (χ4n) is 6.27. The van der Waals surface area contributed by atoms with Crippen molar-refractivity contribution in [2.45, 2.75) is 63.1 Å². The monoisotopic (exact) mass is 495 g/mol. The van der Waals surface area contributed by atoms with Crippen molar-refractivity contribution >= 4 is 11.0 Å². The molecule has 3 N–H and O–H groups in total. The first kappa shape index (κ1) is 23.4. The van der Waals surface area contributed by atoms with Crippen molar-refractivity contribution < 1.29 is 29.0 Å². The van der Waals surface area contributed by atoms with Crippen molar-refractivity contribution in [3.63, 3.8) is 0 Å². The summed E-state index contributed by atoms with van der Waals surface area (Å²) in [4.78, 5) is 13.2. The number of rotatable bonds is 7. The smallest absolute Gasteiger partial charge is 0.213 e. The molecule has 3 fully saturated rings. The predicted octanol–water partition coefficient (Wildman–Crippen LogP) is 2.70. The Balaban J connectivity index is 1.13. The van der Waals surface area contributed by atoms with Crippen molar-refractivity contribution in [3.8, 4) is 17.4 Å². The molecule has 0 saturated heterocycles. The van der Waals surface area contributed by atoms with Gasteiger partial charge in [0.05, 0.1) is 47.9 Å². The molecule has 8 nitrogen and oxygen atoms in total. The van der Waals surface area contributed by atoms with Gasteiger partial charge in [-0.2, -0.15) is 0 Å². The third kappa shape index (κ3) is 4.14. The molecule has 4 heterocycles. The van der Waals surface area contributed by atoms with E-state index in [1.807, 2.05) is 6.07 Å². The molecule has 2 bridgehead atoms. The number of pyridine rings is 3. The lowest BCUT2D eigenvalue weighted by Gasteiger charge is -2.53. The maximum absolute atomic E-state index is 14.9. The van der Waals surface area contributed by atoms with Crippen LogP contribution in [0.3, 0.4) is 0 Å². The van der Waals surface area contributed by atoms with Crippen molar-refractivity contribution in [3.05, 3.63) is 47.7 Å². The molecule has 0 unspecified atom stereocenters. The maximum atomic E-state index is 14.9. The van der Waals surface area contributed by atoms with Gasteiger partial charge in [0.1, 0.15) is 25.6 Å². The average molecular weight is 496 g/mol. The highest BCUT2D eigenvalue weighted by Gasteiger charge is 2.53. The molecule has 36 heavy (non-hydrogen) atoms. The van der Waals surface area contributed by atoms with Gasteiger partial charge < -0.3 is 24.6 Å². The Labute approximate surface area is 209 Å². The van der Waals surface area contributed by atoms with Crippen LogP contribution in [-0.4, -0.2) is 52.0 Å². The number of hydrogen-bond acceptors (Lipinski definition) is 7. The van der Waals surface area contributed by atoms with E-state index >= 15 is 0 Å². The molecule has 3 aromatic rings. The average Bonchev–Trinajstić information content (AvgIpc) is 2.94. The fraction of sp³-hybridized carbons (Fsp3) is 0.519. The summed E-state index contributed by atoms with van der Waals surface area (Å²) in [6, 6.07) is 5.47. The first-order valence-corrected chi connectivity index (χ1v) is 12.7. The van der Waals surface area contributed by atoms with Crippen LogP contribution in [0.4, 0.5) is 4.39 Å². The van der Waals surface area contributed by atoms with Gasteiger partial charge in [-0.25, -0.2) is 9.37 Å². The Kier molecular flexibility index (Phi) is 5.92. The molecular formula is C27H32FN4O4+. The molecule has 4 aliphatic rings. The highest BCUT2D eigenvalue weighted by Crippen LogP contribution is 2.53. The summed E-state index contributed by atoms with van der Waals surface area (Å²) >= 11 is 0. The van der Waals surface area contributed by atoms with E-state index in [1.54, 1.807) is 18.3 Å². The number of aromatic nitrogens is 3. The van der Waals surface area contributed by atoms with Gasteiger partial charge in [0.15, 0.2) is 11.5 Å². The number of hydrogen-bond donors (Lipinski definition) is 2. The third-order valence-electron chi connectivity index (χ3n) is 8.65. The third-order valence-corrected chi connectivity index (χ3v) is 8.65. The summed E-state index contributed by atoms with van der Waals surface area (Å²) in [6.07, 6.45) is 8.45. The number of nitrogens with two attached hydrogens (primary N) is 1. The normalized spacial score (nSPS) is 25.6. The first-order valence-electron chi connectivity index (χ1n) is 12.7. The summed E-state index contributed by atoms with van der Waals surface area (Å²) in [5.41, 5.74) is 2.45. The molecule has 0 aromatic carbocycles. The molecule has 3 aromatic heterocycles. The lowest BCUT2D eigenvalue weighted by molar-refractivity contribution is -0.750. The van der Waals surface area contributed by atoms with Gasteiger partial charge in [0.2, 0.25) is 5.88 Å². The predicted molar refractivity (Wildman–Crippen MR) is 129 cm³/mol. The van der Waals surface area contributed by atoms with Crippen LogP contribution in [0.2, 0.25) is 0 Å². The quantitative estimate of drug-likeness (QED) is 0.520. The van der Waals surface area contributed by atoms with Gasteiger partial charge in [0, 0.05) is 43.4 Å². The van der Waals surface area contributed by atoms with E-state index in [9.17, 15) is 9.50 Å². The van der Waals surface area contributed by atoms with Crippen molar-refractivity contribution in [2.24, 2.45) is 5.41 Å². The molecule has 190 valence electrons. The highest BCUT2D eigenvalue weighted by atomic mass is 19.1. The molecule has 3 aliphatic carbocycles. The molecule has 0 amide bonds. The van der Waals surface area contributed by atoms with E-state index in [0.29, 0.717) is 41.4 Å². The Morgan fingerprint density at radius 2 is 1.81 bits per heavy atom. The minimum absolute atomic E-state index is 0.167.